The van der Waals surface area contributed by atoms with Crippen LogP contribution in [0.25, 0.3) is 10.8 Å². The van der Waals surface area contributed by atoms with Crippen molar-refractivity contribution in [3.05, 3.63) is 48.0 Å². The number of fused-ring (bicyclic) bond motifs is 1. The third-order valence-corrected chi connectivity index (χ3v) is 6.41. The lowest BCUT2D eigenvalue weighted by Crippen LogP contribution is -2.46. The number of carbonyl (C=O) groups is 1. The van der Waals surface area contributed by atoms with E-state index in [0.29, 0.717) is 12.6 Å². The Bertz CT molecular complexity index is 799. The zero-order chi connectivity index (χ0) is 19.3. The van der Waals surface area contributed by atoms with Crippen molar-refractivity contribution in [1.82, 2.24) is 15.1 Å². The van der Waals surface area contributed by atoms with Gasteiger partial charge in [-0.15, -0.1) is 0 Å². The summed E-state index contributed by atoms with van der Waals surface area (Å²) in [6, 6.07) is 15.4. The second-order valence-electron chi connectivity index (χ2n) is 8.52. The van der Waals surface area contributed by atoms with Gasteiger partial charge < -0.3 is 10.2 Å². The molecule has 0 bridgehead atoms. The maximum Gasteiger partial charge on any atom is 0.234 e. The minimum atomic E-state index is 0.0280. The zero-order valence-corrected chi connectivity index (χ0v) is 17.1. The fourth-order valence-electron chi connectivity index (χ4n) is 4.78. The van der Waals surface area contributed by atoms with Crippen LogP contribution in [0, 0.1) is 0 Å². The van der Waals surface area contributed by atoms with Gasteiger partial charge in [0.2, 0.25) is 5.91 Å². The van der Waals surface area contributed by atoms with Crippen LogP contribution < -0.4 is 5.32 Å². The average Bonchev–Trinajstić information content (AvgIpc) is 3.14. The molecule has 2 atom stereocenters. The van der Waals surface area contributed by atoms with Crippen LogP contribution in [0.3, 0.4) is 0 Å². The second kappa shape index (κ2) is 9.06. The molecule has 2 aliphatic heterocycles. The van der Waals surface area contributed by atoms with Gasteiger partial charge in [0.1, 0.15) is 0 Å². The first-order valence-electron chi connectivity index (χ1n) is 10.9. The van der Waals surface area contributed by atoms with E-state index < -0.39 is 0 Å². The quantitative estimate of drug-likeness (QED) is 0.825. The van der Waals surface area contributed by atoms with Gasteiger partial charge in [-0.2, -0.15) is 0 Å². The SMILES string of the molecule is CC(NC(=O)CN1CCCC1CN1CCCCC1)c1ccc2ccccc2c1. The van der Waals surface area contributed by atoms with Crippen molar-refractivity contribution in [3.8, 4) is 0 Å². The molecule has 1 amide bonds. The summed E-state index contributed by atoms with van der Waals surface area (Å²) in [6.07, 6.45) is 6.48. The van der Waals surface area contributed by atoms with Crippen LogP contribution in [0.15, 0.2) is 42.5 Å². The van der Waals surface area contributed by atoms with Gasteiger partial charge in [-0.3, -0.25) is 9.69 Å². The summed E-state index contributed by atoms with van der Waals surface area (Å²) >= 11 is 0. The molecule has 4 heteroatoms. The van der Waals surface area contributed by atoms with Gasteiger partial charge in [0, 0.05) is 12.6 Å². The molecule has 0 saturated carbocycles. The van der Waals surface area contributed by atoms with E-state index in [2.05, 4.69) is 64.5 Å². The van der Waals surface area contributed by atoms with Gasteiger partial charge in [0.15, 0.2) is 0 Å². The summed E-state index contributed by atoms with van der Waals surface area (Å²) in [5.41, 5.74) is 1.17. The fraction of sp³-hybridized carbons (Fsp3) is 0.542. The molecule has 2 saturated heterocycles. The van der Waals surface area contributed by atoms with Crippen LogP contribution in [0.4, 0.5) is 0 Å². The van der Waals surface area contributed by atoms with Gasteiger partial charge in [0.25, 0.3) is 0 Å². The number of hydrogen-bond acceptors (Lipinski definition) is 3. The van der Waals surface area contributed by atoms with Gasteiger partial charge in [-0.25, -0.2) is 0 Å². The number of rotatable bonds is 6. The lowest BCUT2D eigenvalue weighted by Gasteiger charge is -2.32. The summed E-state index contributed by atoms with van der Waals surface area (Å²) in [4.78, 5) is 17.7. The molecule has 150 valence electrons. The minimum absolute atomic E-state index is 0.0280. The zero-order valence-electron chi connectivity index (χ0n) is 17.1. The maximum absolute atomic E-state index is 12.7. The molecule has 0 aromatic heterocycles. The van der Waals surface area contributed by atoms with Crippen molar-refractivity contribution >= 4 is 16.7 Å². The first kappa shape index (κ1) is 19.4. The number of benzene rings is 2. The van der Waals surface area contributed by atoms with Crippen molar-refractivity contribution in [2.24, 2.45) is 0 Å². The van der Waals surface area contributed by atoms with Gasteiger partial charge >= 0.3 is 0 Å². The molecule has 4 nitrogen and oxygen atoms in total. The van der Waals surface area contributed by atoms with Crippen LogP contribution in [0.1, 0.15) is 50.6 Å². The Morgan fingerprint density at radius 1 is 1.04 bits per heavy atom. The molecule has 0 radical (unpaired) electrons. The molecule has 1 N–H and O–H groups in total. The highest BCUT2D eigenvalue weighted by Gasteiger charge is 2.28. The first-order valence-corrected chi connectivity index (χ1v) is 10.9. The van der Waals surface area contributed by atoms with Gasteiger partial charge in [-0.1, -0.05) is 42.8 Å². The number of piperidine rings is 1. The lowest BCUT2D eigenvalue weighted by molar-refractivity contribution is -0.123. The third kappa shape index (κ3) is 4.73. The molecule has 0 aliphatic carbocycles. The Labute approximate surface area is 168 Å². The monoisotopic (exact) mass is 379 g/mol. The van der Waals surface area contributed by atoms with E-state index in [1.54, 1.807) is 0 Å². The predicted molar refractivity (Wildman–Crippen MR) is 115 cm³/mol. The second-order valence-corrected chi connectivity index (χ2v) is 8.52. The predicted octanol–water partition coefficient (Wildman–Crippen LogP) is 3.97. The Balaban J connectivity index is 1.32. The maximum atomic E-state index is 12.7. The highest BCUT2D eigenvalue weighted by Crippen LogP contribution is 2.22. The van der Waals surface area contributed by atoms with E-state index in [4.69, 9.17) is 0 Å². The standard InChI is InChI=1S/C24H33N3O/c1-19(21-12-11-20-8-3-4-9-22(20)16-21)25-24(28)18-27-15-7-10-23(27)17-26-13-5-2-6-14-26/h3-4,8-9,11-12,16,19,23H,2,5-7,10,13-15,17-18H2,1H3,(H,25,28). The summed E-state index contributed by atoms with van der Waals surface area (Å²) in [5.74, 6) is 0.145. The molecule has 2 fully saturated rings. The number of nitrogens with zero attached hydrogens (tertiary/aromatic N) is 2. The van der Waals surface area contributed by atoms with E-state index in [0.717, 1.165) is 13.1 Å². The van der Waals surface area contributed by atoms with E-state index >= 15 is 0 Å². The summed E-state index contributed by atoms with van der Waals surface area (Å²) in [6.45, 7) is 7.25. The molecule has 2 aliphatic rings. The van der Waals surface area contributed by atoms with Gasteiger partial charge in [-0.05, 0) is 74.6 Å². The lowest BCUT2D eigenvalue weighted by atomic mass is 10.0. The van der Waals surface area contributed by atoms with E-state index in [-0.39, 0.29) is 11.9 Å². The summed E-state index contributed by atoms with van der Waals surface area (Å²) in [7, 11) is 0. The summed E-state index contributed by atoms with van der Waals surface area (Å²) < 4.78 is 0. The molecule has 0 spiro atoms. The van der Waals surface area contributed by atoms with Crippen molar-refractivity contribution in [1.29, 1.82) is 0 Å². The largest absolute Gasteiger partial charge is 0.348 e. The molecule has 2 unspecified atom stereocenters. The van der Waals surface area contributed by atoms with Crippen LogP contribution in [-0.2, 0) is 4.79 Å². The number of likely N-dealkylation sites (tertiary alicyclic amines) is 2. The molecular formula is C24H33N3O. The molecule has 2 aromatic carbocycles. The molecular weight excluding hydrogens is 346 g/mol. The highest BCUT2D eigenvalue weighted by atomic mass is 16.2. The average molecular weight is 380 g/mol. The highest BCUT2D eigenvalue weighted by molar-refractivity contribution is 5.83. The normalized spacial score (nSPS) is 22.4. The van der Waals surface area contributed by atoms with Crippen molar-refractivity contribution in [2.45, 2.75) is 51.1 Å². The van der Waals surface area contributed by atoms with Gasteiger partial charge in [0.05, 0.1) is 12.6 Å². The van der Waals surface area contributed by atoms with Crippen LogP contribution in [0.5, 0.6) is 0 Å². The third-order valence-electron chi connectivity index (χ3n) is 6.41. The Kier molecular flexibility index (Phi) is 6.28. The number of hydrogen-bond donors (Lipinski definition) is 1. The minimum Gasteiger partial charge on any atom is -0.348 e. The first-order chi connectivity index (χ1) is 13.7. The molecule has 4 rings (SSSR count). The fourth-order valence-corrected chi connectivity index (χ4v) is 4.78. The van der Waals surface area contributed by atoms with Crippen molar-refractivity contribution < 1.29 is 4.79 Å². The summed E-state index contributed by atoms with van der Waals surface area (Å²) in [5, 5.41) is 5.68. The van der Waals surface area contributed by atoms with Crippen LogP contribution in [-0.4, -0.2) is 54.5 Å². The Morgan fingerprint density at radius 2 is 1.82 bits per heavy atom. The van der Waals surface area contributed by atoms with Crippen molar-refractivity contribution in [3.63, 3.8) is 0 Å². The Hall–Kier alpha value is -1.91. The molecule has 2 aromatic rings. The molecule has 2 heterocycles. The van der Waals surface area contributed by atoms with E-state index in [1.165, 1.54) is 61.5 Å². The number of nitrogens with one attached hydrogen (secondary N) is 1. The van der Waals surface area contributed by atoms with Crippen molar-refractivity contribution in [2.75, 3.05) is 32.7 Å². The van der Waals surface area contributed by atoms with Crippen LogP contribution >= 0.6 is 0 Å². The molecule has 28 heavy (non-hydrogen) atoms. The van der Waals surface area contributed by atoms with E-state index in [9.17, 15) is 4.79 Å². The smallest absolute Gasteiger partial charge is 0.234 e. The number of carbonyl (C=O) groups excluding carboxylic acids is 1. The number of amides is 1. The Morgan fingerprint density at radius 3 is 2.64 bits per heavy atom. The van der Waals surface area contributed by atoms with E-state index in [1.807, 2.05) is 0 Å². The van der Waals surface area contributed by atoms with Crippen LogP contribution in [0.2, 0.25) is 0 Å². The topological polar surface area (TPSA) is 35.6 Å².